The Bertz CT molecular complexity index is 2370. The second-order valence-corrected chi connectivity index (χ2v) is 26.3. The van der Waals surface area contributed by atoms with Gasteiger partial charge in [0.2, 0.25) is 5.91 Å². The van der Waals surface area contributed by atoms with Crippen molar-refractivity contribution in [1.82, 2.24) is 5.32 Å². The summed E-state index contributed by atoms with van der Waals surface area (Å²) in [5, 5.41) is 91.2. The predicted molar refractivity (Wildman–Crippen MR) is 283 cm³/mol. The number of carbonyl (C=O) groups is 1. The van der Waals surface area contributed by atoms with Crippen molar-refractivity contribution in [2.75, 3.05) is 6.61 Å². The fraction of sp³-hybridized carbons (Fsp3) is 0.754. The Morgan fingerprint density at radius 2 is 1.19 bits per heavy atom. The fourth-order valence-corrected chi connectivity index (χ4v) is 17.2. The van der Waals surface area contributed by atoms with Crippen LogP contribution in [0.15, 0.2) is 72.3 Å². The van der Waals surface area contributed by atoms with Gasteiger partial charge in [-0.25, -0.2) is 0 Å². The van der Waals surface area contributed by atoms with Crippen molar-refractivity contribution in [1.29, 1.82) is 0 Å². The number of rotatable bonds is 11. The van der Waals surface area contributed by atoms with Gasteiger partial charge in [0.05, 0.1) is 36.4 Å². The molecule has 0 aromatic heterocycles. The van der Waals surface area contributed by atoms with Crippen molar-refractivity contribution in [3.63, 3.8) is 0 Å². The topological polar surface area (TPSA) is 246 Å². The van der Waals surface area contributed by atoms with Gasteiger partial charge in [0.15, 0.2) is 18.9 Å². The molecule has 0 bridgehead atoms. The number of hydrogen-bond donors (Lipinski definition) is 9. The highest BCUT2D eigenvalue weighted by molar-refractivity contribution is 5.85. The number of aliphatic hydroxyl groups is 8. The summed E-state index contributed by atoms with van der Waals surface area (Å²) in [5.74, 6) is 1.58. The molecule has 3 saturated heterocycles. The van der Waals surface area contributed by atoms with Gasteiger partial charge in [-0.2, -0.15) is 0 Å². The van der Waals surface area contributed by atoms with Gasteiger partial charge in [0.1, 0.15) is 61.0 Å². The summed E-state index contributed by atoms with van der Waals surface area (Å²) in [6.07, 6.45) is -11.9. The number of fused-ring (bicyclic) bond motifs is 7. The number of allylic oxidation sites excluding steroid dienone is 2. The van der Waals surface area contributed by atoms with Crippen molar-refractivity contribution in [2.45, 2.75) is 224 Å². The van der Waals surface area contributed by atoms with E-state index in [-0.39, 0.29) is 40.0 Å². The van der Waals surface area contributed by atoms with Crippen LogP contribution in [0.3, 0.4) is 0 Å². The first-order chi connectivity index (χ1) is 36.4. The van der Waals surface area contributed by atoms with Gasteiger partial charge in [0.25, 0.3) is 0 Å². The van der Waals surface area contributed by atoms with E-state index in [1.54, 1.807) is 0 Å². The molecule has 7 fully saturated rings. The van der Waals surface area contributed by atoms with Crippen LogP contribution in [0.25, 0.3) is 0 Å². The lowest BCUT2D eigenvalue weighted by atomic mass is 9.33. The zero-order valence-corrected chi connectivity index (χ0v) is 46.6. The van der Waals surface area contributed by atoms with Crippen molar-refractivity contribution < 1.29 is 74.1 Å². The Morgan fingerprint density at radius 3 is 1.77 bits per heavy atom. The second-order valence-electron chi connectivity index (χ2n) is 26.3. The Labute approximate surface area is 454 Å². The van der Waals surface area contributed by atoms with Crippen LogP contribution in [0.4, 0.5) is 0 Å². The summed E-state index contributed by atoms with van der Waals surface area (Å²) in [7, 11) is 0. The molecule has 428 valence electrons. The first-order valence-electron chi connectivity index (χ1n) is 28.8. The molecular formula is C61H89NO15. The summed E-state index contributed by atoms with van der Waals surface area (Å²) in [6.45, 7) is 19.2. The number of nitrogens with one attached hydrogen (secondary N) is 1. The highest BCUT2D eigenvalue weighted by Crippen LogP contribution is 2.76. The molecule has 1 amide bonds. The maximum atomic E-state index is 15.5. The van der Waals surface area contributed by atoms with Crippen molar-refractivity contribution in [2.24, 2.45) is 56.7 Å². The molecular weight excluding hydrogens is 987 g/mol. The first kappa shape index (κ1) is 57.3. The minimum Gasteiger partial charge on any atom is -0.394 e. The van der Waals surface area contributed by atoms with Crippen LogP contribution in [-0.4, -0.2) is 152 Å². The molecule has 2 aromatic rings. The highest BCUT2D eigenvalue weighted by atomic mass is 16.8. The van der Waals surface area contributed by atoms with Crippen molar-refractivity contribution in [3.8, 4) is 0 Å². The monoisotopic (exact) mass is 1080 g/mol. The molecule has 9 N–H and O–H groups in total. The van der Waals surface area contributed by atoms with Crippen LogP contribution in [0, 0.1) is 56.7 Å². The Balaban J connectivity index is 0.919. The van der Waals surface area contributed by atoms with E-state index in [0.29, 0.717) is 24.2 Å². The molecule has 25 atom stereocenters. The summed E-state index contributed by atoms with van der Waals surface area (Å²) in [6, 6.07) is 20.4. The average molecular weight is 1080 g/mol. The summed E-state index contributed by atoms with van der Waals surface area (Å²) >= 11 is 0. The molecule has 16 heteroatoms. The Kier molecular flexibility index (Phi) is 16.0. The number of hydrogen-bond acceptors (Lipinski definition) is 15. The van der Waals surface area contributed by atoms with Gasteiger partial charge in [-0.1, -0.05) is 121 Å². The summed E-state index contributed by atoms with van der Waals surface area (Å²) < 4.78 is 37.6. The van der Waals surface area contributed by atoms with E-state index in [2.05, 4.69) is 84.1 Å². The SMILES string of the molecule is C[C@H]1[C@H](C)CC[C@]2(C(=O)NC(c3ccccc3)c3ccccc3)CC[C@]3(C)C(=CC[C@@H]4[C@@]5(C)CC[C@H](O[C@@H]6O[C@H](CO)[C@@H](O[C@@H]7O[C@@H](C)[C@H](O)[C@@H](O)[C@H]7O)[C@H](O)[C@H]6O[C@@H]6O[C@@H](C)[C@H](O)[C@@H](O)[C@H]6O)C(C)(C)[C@@H]5CC[C@]43C)[C@H]12. The zero-order chi connectivity index (χ0) is 55.3. The fourth-order valence-electron chi connectivity index (χ4n) is 17.2. The van der Waals surface area contributed by atoms with E-state index in [1.165, 1.54) is 19.4 Å². The second kappa shape index (κ2) is 21.4. The minimum atomic E-state index is -1.74. The third-order valence-electron chi connectivity index (χ3n) is 22.2. The van der Waals surface area contributed by atoms with Gasteiger partial charge >= 0.3 is 0 Å². The van der Waals surface area contributed by atoms with E-state index in [1.807, 2.05) is 36.4 Å². The molecule has 8 aliphatic rings. The van der Waals surface area contributed by atoms with Crippen LogP contribution in [0.2, 0.25) is 0 Å². The lowest BCUT2D eigenvalue weighted by molar-refractivity contribution is -0.393. The highest BCUT2D eigenvalue weighted by Gasteiger charge is 2.70. The van der Waals surface area contributed by atoms with Crippen LogP contribution < -0.4 is 5.32 Å². The van der Waals surface area contributed by atoms with Gasteiger partial charge in [0, 0.05) is 0 Å². The molecule has 0 unspecified atom stereocenters. The lowest BCUT2D eigenvalue weighted by Gasteiger charge is -2.71. The van der Waals surface area contributed by atoms with Crippen LogP contribution in [0.1, 0.15) is 137 Å². The molecule has 2 aromatic carbocycles. The van der Waals surface area contributed by atoms with Gasteiger partial charge < -0.3 is 74.6 Å². The molecule has 0 radical (unpaired) electrons. The molecule has 77 heavy (non-hydrogen) atoms. The molecule has 3 aliphatic heterocycles. The van der Waals surface area contributed by atoms with E-state index >= 15 is 4.79 Å². The number of ether oxygens (including phenoxy) is 6. The molecule has 10 rings (SSSR count). The normalized spacial score (nSPS) is 48.6. The molecule has 5 aliphatic carbocycles. The molecule has 4 saturated carbocycles. The molecule has 3 heterocycles. The number of benzene rings is 2. The lowest BCUT2D eigenvalue weighted by Crippen LogP contribution is -2.68. The van der Waals surface area contributed by atoms with E-state index in [4.69, 9.17) is 28.4 Å². The maximum absolute atomic E-state index is 15.5. The number of aliphatic hydroxyl groups excluding tert-OH is 8. The van der Waals surface area contributed by atoms with Crippen molar-refractivity contribution >= 4 is 5.91 Å². The standard InChI is InChI=1S/C61H89NO15/c1-31-22-27-61(56(71)62-43(35-16-12-10-13-17-35)36-18-14-11-15-19-36)29-28-59(8)37(42(61)32(31)2)20-21-40-58(7)25-24-41(57(5,6)39(58)23-26-60(40,59)9)75-55-52(77-54-49(69)47(67)45(65)34(4)73-54)50(70)51(38(30-63)74-55)76-53-48(68)46(66)44(64)33(3)72-53/h10-20,31-34,38-55,63-70H,21-30H2,1-9H3,(H,62,71)/t31-,32+,33+,34+,38-,39+,40-,41+,42+,44+,45+,46-,47-,48-,49-,50+,51-,52-,53+,54+,55+,58+,59-,60-,61+/m1/s1. The maximum Gasteiger partial charge on any atom is 0.227 e. The predicted octanol–water partition coefficient (Wildman–Crippen LogP) is 5.44. The smallest absolute Gasteiger partial charge is 0.227 e. The molecule has 0 spiro atoms. The van der Waals surface area contributed by atoms with Gasteiger partial charge in [-0.05, 0) is 134 Å². The van der Waals surface area contributed by atoms with E-state index in [9.17, 15) is 40.9 Å². The number of amides is 1. The minimum absolute atomic E-state index is 0.0672. The molecule has 16 nitrogen and oxygen atoms in total. The third kappa shape index (κ3) is 9.41. The van der Waals surface area contributed by atoms with Crippen LogP contribution in [0.5, 0.6) is 0 Å². The first-order valence-corrected chi connectivity index (χ1v) is 28.8. The largest absolute Gasteiger partial charge is 0.394 e. The van der Waals surface area contributed by atoms with Crippen LogP contribution in [-0.2, 0) is 33.2 Å². The van der Waals surface area contributed by atoms with Gasteiger partial charge in [-0.15, -0.1) is 0 Å². The van der Waals surface area contributed by atoms with Crippen LogP contribution >= 0.6 is 0 Å². The summed E-state index contributed by atoms with van der Waals surface area (Å²) in [4.78, 5) is 15.5. The summed E-state index contributed by atoms with van der Waals surface area (Å²) in [5.41, 5.74) is 2.30. The zero-order valence-electron chi connectivity index (χ0n) is 46.6. The average Bonchev–Trinajstić information content (AvgIpc) is 3.61. The van der Waals surface area contributed by atoms with Crippen molar-refractivity contribution in [3.05, 3.63) is 83.4 Å². The van der Waals surface area contributed by atoms with E-state index < -0.39 is 116 Å². The Hall–Kier alpha value is -2.91. The number of carbonyl (C=O) groups excluding carboxylic acids is 1. The Morgan fingerprint density at radius 1 is 0.623 bits per heavy atom. The third-order valence-corrected chi connectivity index (χ3v) is 22.2. The van der Waals surface area contributed by atoms with E-state index in [0.717, 1.165) is 62.5 Å². The van der Waals surface area contributed by atoms with Gasteiger partial charge in [-0.3, -0.25) is 4.79 Å². The quantitative estimate of drug-likeness (QED) is 0.101.